The molecule has 0 unspecified atom stereocenters. The summed E-state index contributed by atoms with van der Waals surface area (Å²) in [6.45, 7) is 3.56. The Balaban J connectivity index is 2.32. The van der Waals surface area contributed by atoms with E-state index in [1.54, 1.807) is 0 Å². The molecule has 1 amide bonds. The molecule has 3 nitrogen and oxygen atoms in total. The van der Waals surface area contributed by atoms with Crippen molar-refractivity contribution >= 4 is 5.91 Å². The number of hydrogen-bond donors (Lipinski definition) is 1. The third-order valence-corrected chi connectivity index (χ3v) is 2.42. The maximum atomic E-state index is 11.6. The second kappa shape index (κ2) is 5.22. The van der Waals surface area contributed by atoms with Gasteiger partial charge in [-0.3, -0.25) is 4.79 Å². The van der Waals surface area contributed by atoms with E-state index in [4.69, 9.17) is 5.73 Å². The molecule has 1 saturated carbocycles. The van der Waals surface area contributed by atoms with Crippen molar-refractivity contribution in [2.75, 3.05) is 13.1 Å². The minimum Gasteiger partial charge on any atom is -0.340 e. The van der Waals surface area contributed by atoms with Gasteiger partial charge in [-0.2, -0.15) is 0 Å². The maximum absolute atomic E-state index is 11.6. The predicted molar refractivity (Wildman–Crippen MR) is 53.3 cm³/mol. The van der Waals surface area contributed by atoms with Gasteiger partial charge in [0.15, 0.2) is 0 Å². The summed E-state index contributed by atoms with van der Waals surface area (Å²) in [6.07, 6.45) is 5.17. The van der Waals surface area contributed by atoms with Crippen molar-refractivity contribution in [1.82, 2.24) is 4.90 Å². The van der Waals surface area contributed by atoms with Crippen LogP contribution in [0.4, 0.5) is 0 Å². The molecule has 0 aromatic carbocycles. The third kappa shape index (κ3) is 3.35. The van der Waals surface area contributed by atoms with Crippen LogP contribution in [0.1, 0.15) is 39.0 Å². The Morgan fingerprint density at radius 3 is 2.69 bits per heavy atom. The van der Waals surface area contributed by atoms with Gasteiger partial charge in [0, 0.05) is 25.6 Å². The Bertz CT molecular complexity index is 166. The minimum atomic E-state index is 0.249. The molecule has 0 aromatic heterocycles. The summed E-state index contributed by atoms with van der Waals surface area (Å²) < 4.78 is 0. The number of carbonyl (C=O) groups is 1. The second-order valence-corrected chi connectivity index (χ2v) is 3.71. The fourth-order valence-corrected chi connectivity index (χ4v) is 1.49. The van der Waals surface area contributed by atoms with Crippen LogP contribution in [0.3, 0.4) is 0 Å². The molecule has 1 aliphatic rings. The van der Waals surface area contributed by atoms with E-state index in [1.807, 2.05) is 4.90 Å². The van der Waals surface area contributed by atoms with Crippen LogP contribution in [0.15, 0.2) is 0 Å². The van der Waals surface area contributed by atoms with Crippen molar-refractivity contribution in [3.05, 3.63) is 0 Å². The lowest BCUT2D eigenvalue weighted by Gasteiger charge is -2.21. The Labute approximate surface area is 80.3 Å². The van der Waals surface area contributed by atoms with Crippen LogP contribution in [0.25, 0.3) is 0 Å². The largest absolute Gasteiger partial charge is 0.340 e. The summed E-state index contributed by atoms with van der Waals surface area (Å²) in [5, 5.41) is 0. The van der Waals surface area contributed by atoms with Crippen molar-refractivity contribution in [3.63, 3.8) is 0 Å². The van der Waals surface area contributed by atoms with Gasteiger partial charge in [-0.1, -0.05) is 13.3 Å². The molecule has 13 heavy (non-hydrogen) atoms. The SMILES string of the molecule is CCCCN(C(=O)CCN)C1CC1. The smallest absolute Gasteiger partial charge is 0.224 e. The van der Waals surface area contributed by atoms with Crippen LogP contribution in [0.5, 0.6) is 0 Å². The van der Waals surface area contributed by atoms with E-state index < -0.39 is 0 Å². The van der Waals surface area contributed by atoms with Gasteiger partial charge in [0.2, 0.25) is 5.91 Å². The molecule has 0 aromatic rings. The molecule has 0 bridgehead atoms. The first-order chi connectivity index (χ1) is 6.29. The van der Waals surface area contributed by atoms with E-state index in [-0.39, 0.29) is 5.91 Å². The van der Waals surface area contributed by atoms with Crippen LogP contribution < -0.4 is 5.73 Å². The minimum absolute atomic E-state index is 0.249. The summed E-state index contributed by atoms with van der Waals surface area (Å²) >= 11 is 0. The molecule has 2 N–H and O–H groups in total. The van der Waals surface area contributed by atoms with Crippen LogP contribution in [-0.2, 0) is 4.79 Å². The normalized spacial score (nSPS) is 15.8. The molecule has 1 rings (SSSR count). The zero-order valence-electron chi connectivity index (χ0n) is 8.46. The van der Waals surface area contributed by atoms with Gasteiger partial charge in [0.25, 0.3) is 0 Å². The maximum Gasteiger partial charge on any atom is 0.224 e. The van der Waals surface area contributed by atoms with Gasteiger partial charge in [-0.25, -0.2) is 0 Å². The van der Waals surface area contributed by atoms with Gasteiger partial charge in [0.1, 0.15) is 0 Å². The lowest BCUT2D eigenvalue weighted by molar-refractivity contribution is -0.131. The monoisotopic (exact) mass is 184 g/mol. The number of nitrogens with two attached hydrogens (primary N) is 1. The highest BCUT2D eigenvalue weighted by Crippen LogP contribution is 2.27. The fraction of sp³-hybridized carbons (Fsp3) is 0.900. The average Bonchev–Trinajstić information content (AvgIpc) is 2.89. The Morgan fingerprint density at radius 2 is 2.23 bits per heavy atom. The Kier molecular flexibility index (Phi) is 4.22. The lowest BCUT2D eigenvalue weighted by Crippen LogP contribution is -2.35. The molecule has 0 spiro atoms. The molecule has 0 radical (unpaired) electrons. The molecule has 0 aliphatic heterocycles. The molecular weight excluding hydrogens is 164 g/mol. The van der Waals surface area contributed by atoms with E-state index in [1.165, 1.54) is 12.8 Å². The van der Waals surface area contributed by atoms with Crippen molar-refractivity contribution in [2.45, 2.75) is 45.1 Å². The van der Waals surface area contributed by atoms with Crippen molar-refractivity contribution in [2.24, 2.45) is 5.73 Å². The first kappa shape index (κ1) is 10.5. The summed E-state index contributed by atoms with van der Waals surface area (Å²) in [6, 6.07) is 0.547. The number of hydrogen-bond acceptors (Lipinski definition) is 2. The van der Waals surface area contributed by atoms with Crippen LogP contribution >= 0.6 is 0 Å². The molecular formula is C10H20N2O. The van der Waals surface area contributed by atoms with Crippen molar-refractivity contribution in [1.29, 1.82) is 0 Å². The number of carbonyl (C=O) groups excluding carboxylic acids is 1. The number of nitrogens with zero attached hydrogens (tertiary/aromatic N) is 1. The van der Waals surface area contributed by atoms with Crippen LogP contribution in [0.2, 0.25) is 0 Å². The standard InChI is InChI=1S/C10H20N2O/c1-2-3-8-12(9-4-5-9)10(13)6-7-11/h9H,2-8,11H2,1H3. The molecule has 3 heteroatoms. The first-order valence-corrected chi connectivity index (χ1v) is 5.29. The molecule has 1 fully saturated rings. The summed E-state index contributed by atoms with van der Waals surface area (Å²) in [5.74, 6) is 0.249. The molecule has 0 atom stereocenters. The van der Waals surface area contributed by atoms with Gasteiger partial charge in [-0.15, -0.1) is 0 Å². The quantitative estimate of drug-likeness (QED) is 0.672. The predicted octanol–water partition coefficient (Wildman–Crippen LogP) is 1.13. The lowest BCUT2D eigenvalue weighted by atomic mass is 10.3. The van der Waals surface area contributed by atoms with Gasteiger partial charge >= 0.3 is 0 Å². The van der Waals surface area contributed by atoms with Gasteiger partial charge in [-0.05, 0) is 19.3 Å². The highest BCUT2D eigenvalue weighted by molar-refractivity contribution is 5.77. The molecule has 0 saturated heterocycles. The Morgan fingerprint density at radius 1 is 1.54 bits per heavy atom. The van der Waals surface area contributed by atoms with Crippen LogP contribution in [-0.4, -0.2) is 29.9 Å². The van der Waals surface area contributed by atoms with Gasteiger partial charge in [0.05, 0.1) is 0 Å². The zero-order chi connectivity index (χ0) is 9.68. The number of unbranched alkanes of at least 4 members (excludes halogenated alkanes) is 1. The summed E-state index contributed by atoms with van der Waals surface area (Å²) in [7, 11) is 0. The highest BCUT2D eigenvalue weighted by Gasteiger charge is 2.31. The summed E-state index contributed by atoms with van der Waals surface area (Å²) in [4.78, 5) is 13.6. The van der Waals surface area contributed by atoms with Crippen LogP contribution in [0, 0.1) is 0 Å². The number of rotatable bonds is 6. The van der Waals surface area contributed by atoms with E-state index >= 15 is 0 Å². The first-order valence-electron chi connectivity index (χ1n) is 5.29. The van der Waals surface area contributed by atoms with E-state index in [2.05, 4.69) is 6.92 Å². The third-order valence-electron chi connectivity index (χ3n) is 2.42. The van der Waals surface area contributed by atoms with Crippen molar-refractivity contribution < 1.29 is 4.79 Å². The van der Waals surface area contributed by atoms with E-state index in [0.717, 1.165) is 19.4 Å². The molecule has 1 aliphatic carbocycles. The average molecular weight is 184 g/mol. The topological polar surface area (TPSA) is 46.3 Å². The number of amides is 1. The Hall–Kier alpha value is -0.570. The highest BCUT2D eigenvalue weighted by atomic mass is 16.2. The van der Waals surface area contributed by atoms with E-state index in [9.17, 15) is 4.79 Å². The molecule has 0 heterocycles. The zero-order valence-corrected chi connectivity index (χ0v) is 8.46. The second-order valence-electron chi connectivity index (χ2n) is 3.71. The molecule has 76 valence electrons. The van der Waals surface area contributed by atoms with E-state index in [0.29, 0.717) is 19.0 Å². The van der Waals surface area contributed by atoms with Crippen molar-refractivity contribution in [3.8, 4) is 0 Å². The van der Waals surface area contributed by atoms with Gasteiger partial charge < -0.3 is 10.6 Å². The summed E-state index contributed by atoms with van der Waals surface area (Å²) in [5.41, 5.74) is 5.37. The fourth-order valence-electron chi connectivity index (χ4n) is 1.49.